The number of hydrogen-bond donors (Lipinski definition) is 5. The van der Waals surface area contributed by atoms with E-state index in [0.717, 1.165) is 5.56 Å². The summed E-state index contributed by atoms with van der Waals surface area (Å²) in [7, 11) is 4.57. The summed E-state index contributed by atoms with van der Waals surface area (Å²) in [5, 5.41) is 25.0. The Labute approximate surface area is 177 Å². The molecule has 0 fully saturated rings. The van der Waals surface area contributed by atoms with Gasteiger partial charge in [0.1, 0.15) is 11.4 Å². The first kappa shape index (κ1) is 21.7. The third-order valence-electron chi connectivity index (χ3n) is 4.80. The molecule has 5 N–H and O–H groups in total. The predicted molar refractivity (Wildman–Crippen MR) is 117 cm³/mol. The summed E-state index contributed by atoms with van der Waals surface area (Å²) in [4.78, 5) is 38.7. The molecule has 11 nitrogen and oxygen atoms in total. The molecule has 0 aliphatic heterocycles. The van der Waals surface area contributed by atoms with Gasteiger partial charge in [-0.3, -0.25) is 29.3 Å². The van der Waals surface area contributed by atoms with Crippen molar-refractivity contribution >= 4 is 23.1 Å². The second-order valence-corrected chi connectivity index (χ2v) is 7.17. The molecule has 1 amide bonds. The minimum Gasteiger partial charge on any atom is -0.503 e. The fourth-order valence-electron chi connectivity index (χ4n) is 3.17. The number of carbonyl (C=O) groups excluding carboxylic acids is 1. The van der Waals surface area contributed by atoms with Crippen molar-refractivity contribution in [3.8, 4) is 5.75 Å². The lowest BCUT2D eigenvalue weighted by Gasteiger charge is -2.20. The average Bonchev–Trinajstić information content (AvgIpc) is 3.03. The molecule has 0 saturated heterocycles. The van der Waals surface area contributed by atoms with E-state index in [2.05, 4.69) is 25.9 Å². The van der Waals surface area contributed by atoms with Crippen LogP contribution in [0.25, 0.3) is 0 Å². The van der Waals surface area contributed by atoms with E-state index in [0.29, 0.717) is 6.42 Å². The van der Waals surface area contributed by atoms with Crippen molar-refractivity contribution in [3.63, 3.8) is 0 Å². The van der Waals surface area contributed by atoms with Crippen molar-refractivity contribution < 1.29 is 9.90 Å². The highest BCUT2D eigenvalue weighted by Crippen LogP contribution is 2.31. The number of aromatic hydroxyl groups is 1. The Hall–Kier alpha value is -4.02. The van der Waals surface area contributed by atoms with Crippen LogP contribution in [0.3, 0.4) is 0 Å². The minimum absolute atomic E-state index is 0.00927. The average molecular weight is 427 g/mol. The SMILES string of the molecule is CCC(Nc1c(Nc2nn(C)c(C(=O)N(C)C)c2O)c(=O)[nH][nH]c1=O)c1ccccc1. The molecule has 0 aliphatic rings. The van der Waals surface area contributed by atoms with Crippen molar-refractivity contribution in [2.24, 2.45) is 7.05 Å². The molecule has 0 saturated carbocycles. The molecule has 164 valence electrons. The van der Waals surface area contributed by atoms with Gasteiger partial charge in [0.25, 0.3) is 17.0 Å². The maximum Gasteiger partial charge on any atom is 0.288 e. The topological polar surface area (TPSA) is 148 Å². The van der Waals surface area contributed by atoms with Gasteiger partial charge >= 0.3 is 0 Å². The minimum atomic E-state index is -0.629. The van der Waals surface area contributed by atoms with E-state index in [4.69, 9.17) is 0 Å². The van der Waals surface area contributed by atoms with Gasteiger partial charge < -0.3 is 20.6 Å². The maximum atomic E-state index is 12.5. The highest BCUT2D eigenvalue weighted by atomic mass is 16.3. The van der Waals surface area contributed by atoms with E-state index in [9.17, 15) is 19.5 Å². The van der Waals surface area contributed by atoms with Crippen LogP contribution in [0, 0.1) is 0 Å². The summed E-state index contributed by atoms with van der Waals surface area (Å²) >= 11 is 0. The van der Waals surface area contributed by atoms with Crippen LogP contribution < -0.4 is 21.8 Å². The zero-order valence-electron chi connectivity index (χ0n) is 17.7. The molecule has 31 heavy (non-hydrogen) atoms. The summed E-state index contributed by atoms with van der Waals surface area (Å²) in [6.45, 7) is 1.95. The van der Waals surface area contributed by atoms with E-state index >= 15 is 0 Å². The lowest BCUT2D eigenvalue weighted by molar-refractivity contribution is 0.0814. The molecule has 1 aromatic carbocycles. The van der Waals surface area contributed by atoms with Crippen LogP contribution in [-0.2, 0) is 7.05 Å². The number of hydrogen-bond acceptors (Lipinski definition) is 7. The van der Waals surface area contributed by atoms with Gasteiger partial charge in [-0.25, -0.2) is 0 Å². The van der Waals surface area contributed by atoms with Crippen molar-refractivity contribution in [1.82, 2.24) is 24.9 Å². The van der Waals surface area contributed by atoms with E-state index in [1.807, 2.05) is 37.3 Å². The van der Waals surface area contributed by atoms with Gasteiger partial charge in [-0.15, -0.1) is 0 Å². The Morgan fingerprint density at radius 1 is 1.16 bits per heavy atom. The molecule has 1 unspecified atom stereocenters. The van der Waals surface area contributed by atoms with Crippen LogP contribution in [0.4, 0.5) is 17.2 Å². The number of H-pyrrole nitrogens is 2. The van der Waals surface area contributed by atoms with Gasteiger partial charge in [0.2, 0.25) is 0 Å². The van der Waals surface area contributed by atoms with E-state index in [1.54, 1.807) is 14.1 Å². The van der Waals surface area contributed by atoms with Crippen LogP contribution in [0.2, 0.25) is 0 Å². The van der Waals surface area contributed by atoms with Crippen molar-refractivity contribution in [3.05, 3.63) is 62.3 Å². The summed E-state index contributed by atoms with van der Waals surface area (Å²) in [5.41, 5.74) is -0.443. The summed E-state index contributed by atoms with van der Waals surface area (Å²) < 4.78 is 1.20. The smallest absolute Gasteiger partial charge is 0.288 e. The molecule has 3 aromatic rings. The van der Waals surface area contributed by atoms with Crippen LogP contribution in [0.1, 0.15) is 35.4 Å². The lowest BCUT2D eigenvalue weighted by atomic mass is 10.0. The summed E-state index contributed by atoms with van der Waals surface area (Å²) in [6.07, 6.45) is 0.645. The number of nitrogens with zero attached hydrogens (tertiary/aromatic N) is 3. The zero-order valence-corrected chi connectivity index (χ0v) is 17.7. The first-order valence-electron chi connectivity index (χ1n) is 9.65. The highest BCUT2D eigenvalue weighted by Gasteiger charge is 2.25. The molecule has 1 atom stereocenters. The molecule has 11 heteroatoms. The largest absolute Gasteiger partial charge is 0.503 e. The first-order valence-corrected chi connectivity index (χ1v) is 9.65. The van der Waals surface area contributed by atoms with Crippen LogP contribution in [-0.4, -0.2) is 50.0 Å². The number of benzene rings is 1. The van der Waals surface area contributed by atoms with Gasteiger partial charge in [-0.1, -0.05) is 37.3 Å². The highest BCUT2D eigenvalue weighted by molar-refractivity contribution is 5.97. The predicted octanol–water partition coefficient (Wildman–Crippen LogP) is 1.51. The number of nitrogens with one attached hydrogen (secondary N) is 4. The Kier molecular flexibility index (Phi) is 6.14. The molecule has 0 spiro atoms. The van der Waals surface area contributed by atoms with Crippen LogP contribution in [0.15, 0.2) is 39.9 Å². The van der Waals surface area contributed by atoms with E-state index in [1.165, 1.54) is 16.6 Å². The Morgan fingerprint density at radius 2 is 1.77 bits per heavy atom. The van der Waals surface area contributed by atoms with Gasteiger partial charge in [0.15, 0.2) is 17.3 Å². The molecule has 2 heterocycles. The molecule has 0 aliphatic carbocycles. The molecule has 0 radical (unpaired) electrons. The molecule has 2 aromatic heterocycles. The second kappa shape index (κ2) is 8.78. The molecular weight excluding hydrogens is 402 g/mol. The maximum absolute atomic E-state index is 12.5. The van der Waals surface area contributed by atoms with Gasteiger partial charge in [0, 0.05) is 21.1 Å². The third kappa shape index (κ3) is 4.29. The van der Waals surface area contributed by atoms with Gasteiger partial charge in [-0.2, -0.15) is 5.10 Å². The van der Waals surface area contributed by atoms with Crippen molar-refractivity contribution in [2.75, 3.05) is 24.7 Å². The zero-order chi connectivity index (χ0) is 22.7. The number of rotatable bonds is 7. The lowest BCUT2D eigenvalue weighted by Crippen LogP contribution is -2.27. The van der Waals surface area contributed by atoms with Gasteiger partial charge in [-0.05, 0) is 12.0 Å². The number of aromatic nitrogens is 4. The van der Waals surface area contributed by atoms with E-state index in [-0.39, 0.29) is 28.9 Å². The third-order valence-corrected chi connectivity index (χ3v) is 4.80. The monoisotopic (exact) mass is 427 g/mol. The number of aromatic amines is 2. The van der Waals surface area contributed by atoms with Crippen molar-refractivity contribution in [2.45, 2.75) is 19.4 Å². The fourth-order valence-corrected chi connectivity index (χ4v) is 3.17. The Morgan fingerprint density at radius 3 is 2.35 bits per heavy atom. The summed E-state index contributed by atoms with van der Waals surface area (Å²) in [6, 6.07) is 9.25. The number of carbonyl (C=O) groups is 1. The molecule has 0 bridgehead atoms. The molecule has 3 rings (SSSR count). The van der Waals surface area contributed by atoms with Crippen LogP contribution >= 0.6 is 0 Å². The standard InChI is InChI=1S/C20H25N7O4/c1-5-12(11-9-7-6-8-10-11)21-13-14(19(30)24-23-18(13)29)22-17-16(28)15(27(4)25-17)20(31)26(2)3/h6-10,12,28H,5H2,1-4H3,(H2,21,24,30)(H2,22,23,25,29). The second-order valence-electron chi connectivity index (χ2n) is 7.17. The quantitative estimate of drug-likeness (QED) is 0.384. The number of aryl methyl sites for hydroxylation is 1. The normalized spacial score (nSPS) is 11.7. The van der Waals surface area contributed by atoms with E-state index < -0.39 is 22.8 Å². The van der Waals surface area contributed by atoms with Crippen molar-refractivity contribution in [1.29, 1.82) is 0 Å². The fraction of sp³-hybridized carbons (Fsp3) is 0.300. The summed E-state index contributed by atoms with van der Waals surface area (Å²) in [5.74, 6) is -1.02. The van der Waals surface area contributed by atoms with Crippen LogP contribution in [0.5, 0.6) is 5.75 Å². The Bertz CT molecular complexity index is 1190. The Balaban J connectivity index is 2.03. The number of anilines is 3. The van der Waals surface area contributed by atoms with Gasteiger partial charge in [0.05, 0.1) is 6.04 Å². The first-order chi connectivity index (χ1) is 14.7. The molecular formula is C20H25N7O4. The number of amides is 1.